The lowest BCUT2D eigenvalue weighted by Gasteiger charge is -2.08. The van der Waals surface area contributed by atoms with E-state index in [0.29, 0.717) is 11.3 Å². The van der Waals surface area contributed by atoms with Crippen LogP contribution in [0.25, 0.3) is 0 Å². The van der Waals surface area contributed by atoms with Gasteiger partial charge in [-0.2, -0.15) is 0 Å². The van der Waals surface area contributed by atoms with Crippen LogP contribution in [0.2, 0.25) is 0 Å². The van der Waals surface area contributed by atoms with Gasteiger partial charge >= 0.3 is 5.97 Å². The van der Waals surface area contributed by atoms with Gasteiger partial charge in [0, 0.05) is 17.7 Å². The summed E-state index contributed by atoms with van der Waals surface area (Å²) >= 11 is 0. The highest BCUT2D eigenvalue weighted by molar-refractivity contribution is 5.98. The Kier molecular flexibility index (Phi) is 6.24. The summed E-state index contributed by atoms with van der Waals surface area (Å²) in [5.74, 6) is -1.03. The van der Waals surface area contributed by atoms with Crippen molar-refractivity contribution in [3.63, 3.8) is 0 Å². The van der Waals surface area contributed by atoms with Crippen LogP contribution < -0.4 is 5.32 Å². The molecule has 0 bridgehead atoms. The normalized spacial score (nSPS) is 12.4. The molecule has 0 fully saturated rings. The number of hydrogen-bond acceptors (Lipinski definition) is 4. The number of anilines is 1. The Morgan fingerprint density at radius 3 is 2.39 bits per heavy atom. The zero-order chi connectivity index (χ0) is 20.1. The number of Topliss-reactive ketones (excluding diaryl/α,β-unsaturated/α-hetero) is 1. The van der Waals surface area contributed by atoms with E-state index in [1.165, 1.54) is 11.1 Å². The van der Waals surface area contributed by atoms with E-state index in [1.807, 2.05) is 50.2 Å². The van der Waals surface area contributed by atoms with Gasteiger partial charge in [-0.1, -0.05) is 18.2 Å². The average Bonchev–Trinajstić information content (AvgIpc) is 3.11. The molecule has 1 aliphatic rings. The molecule has 2 aromatic rings. The highest BCUT2D eigenvalue weighted by Gasteiger charge is 2.16. The van der Waals surface area contributed by atoms with E-state index in [0.717, 1.165) is 30.4 Å². The maximum absolute atomic E-state index is 12.3. The molecule has 0 spiro atoms. The van der Waals surface area contributed by atoms with Gasteiger partial charge in [-0.3, -0.25) is 14.4 Å². The molecule has 1 N–H and O–H groups in total. The number of carbonyl (C=O) groups is 3. The number of ketones is 1. The van der Waals surface area contributed by atoms with Crippen molar-refractivity contribution < 1.29 is 19.1 Å². The molecule has 3 rings (SSSR count). The molecular formula is C23H25NO4. The second kappa shape index (κ2) is 8.83. The van der Waals surface area contributed by atoms with E-state index in [-0.39, 0.29) is 25.2 Å². The summed E-state index contributed by atoms with van der Waals surface area (Å²) in [5.41, 5.74) is 5.93. The van der Waals surface area contributed by atoms with Crippen LogP contribution in [0.5, 0.6) is 0 Å². The highest BCUT2D eigenvalue weighted by Crippen LogP contribution is 2.23. The minimum atomic E-state index is -0.551. The number of ether oxygens (including phenoxy) is 1. The van der Waals surface area contributed by atoms with Crippen molar-refractivity contribution >= 4 is 23.3 Å². The third-order valence-corrected chi connectivity index (χ3v) is 4.85. The number of aryl methyl sites for hydroxylation is 4. The lowest BCUT2D eigenvalue weighted by molar-refractivity contribution is -0.147. The van der Waals surface area contributed by atoms with Crippen LogP contribution in [-0.2, 0) is 27.2 Å². The van der Waals surface area contributed by atoms with Crippen LogP contribution >= 0.6 is 0 Å². The number of hydrogen-bond donors (Lipinski definition) is 1. The molecule has 0 saturated carbocycles. The summed E-state index contributed by atoms with van der Waals surface area (Å²) in [6.45, 7) is 3.53. The fourth-order valence-corrected chi connectivity index (χ4v) is 3.57. The van der Waals surface area contributed by atoms with Crippen LogP contribution in [0.3, 0.4) is 0 Å². The summed E-state index contributed by atoms with van der Waals surface area (Å²) in [7, 11) is 0. The van der Waals surface area contributed by atoms with E-state index in [4.69, 9.17) is 4.74 Å². The quantitative estimate of drug-likeness (QED) is 0.584. The number of rotatable bonds is 7. The van der Waals surface area contributed by atoms with Crippen LogP contribution in [0.1, 0.15) is 51.9 Å². The van der Waals surface area contributed by atoms with Gasteiger partial charge in [0.25, 0.3) is 5.91 Å². The van der Waals surface area contributed by atoms with E-state index in [2.05, 4.69) is 5.32 Å². The molecule has 146 valence electrons. The highest BCUT2D eigenvalue weighted by atomic mass is 16.5. The fourth-order valence-electron chi connectivity index (χ4n) is 3.57. The molecule has 0 radical (unpaired) electrons. The summed E-state index contributed by atoms with van der Waals surface area (Å²) < 4.78 is 4.99. The van der Waals surface area contributed by atoms with Crippen molar-refractivity contribution in [2.75, 3.05) is 11.9 Å². The minimum Gasteiger partial charge on any atom is -0.456 e. The third-order valence-electron chi connectivity index (χ3n) is 4.85. The minimum absolute atomic E-state index is 0.0350. The molecular weight excluding hydrogens is 354 g/mol. The predicted octanol–water partition coefficient (Wildman–Crippen LogP) is 3.94. The van der Waals surface area contributed by atoms with E-state index >= 15 is 0 Å². The van der Waals surface area contributed by atoms with Gasteiger partial charge in [0.15, 0.2) is 12.4 Å². The number of esters is 1. The van der Waals surface area contributed by atoms with Gasteiger partial charge in [-0.15, -0.1) is 0 Å². The van der Waals surface area contributed by atoms with E-state index in [9.17, 15) is 14.4 Å². The van der Waals surface area contributed by atoms with Crippen LogP contribution in [0.15, 0.2) is 36.4 Å². The lowest BCUT2D eigenvalue weighted by atomic mass is 10.0. The zero-order valence-corrected chi connectivity index (χ0v) is 16.3. The second-order valence-electron chi connectivity index (χ2n) is 7.35. The van der Waals surface area contributed by atoms with E-state index < -0.39 is 11.9 Å². The number of fused-ring (bicyclic) bond motifs is 1. The molecule has 5 nitrogen and oxygen atoms in total. The van der Waals surface area contributed by atoms with Crippen molar-refractivity contribution in [1.82, 2.24) is 0 Å². The Balaban J connectivity index is 1.42. The first-order valence-electron chi connectivity index (χ1n) is 9.59. The van der Waals surface area contributed by atoms with Gasteiger partial charge in [0.2, 0.25) is 0 Å². The molecule has 0 saturated heterocycles. The number of amides is 1. The molecule has 0 heterocycles. The molecule has 1 amide bonds. The van der Waals surface area contributed by atoms with Crippen molar-refractivity contribution in [1.29, 1.82) is 0 Å². The number of carbonyl (C=O) groups excluding carboxylic acids is 3. The Bertz CT molecular complexity index is 897. The summed E-state index contributed by atoms with van der Waals surface area (Å²) in [6.07, 6.45) is 3.25. The standard InChI is InChI=1S/C23H25NO4/c1-15-10-16(2)12-20(11-15)24-22(26)14-28-23(27)9-8-21(25)19-7-6-17-4-3-5-18(17)13-19/h6-7,10-13H,3-5,8-9,14H2,1-2H3,(H,24,26). The van der Waals surface area contributed by atoms with Gasteiger partial charge in [0.1, 0.15) is 0 Å². The molecule has 2 aromatic carbocycles. The Morgan fingerprint density at radius 2 is 1.64 bits per heavy atom. The molecule has 0 unspecified atom stereocenters. The van der Waals surface area contributed by atoms with Crippen molar-refractivity contribution in [2.45, 2.75) is 46.0 Å². The summed E-state index contributed by atoms with van der Waals surface area (Å²) in [4.78, 5) is 36.1. The van der Waals surface area contributed by atoms with Gasteiger partial charge in [-0.25, -0.2) is 0 Å². The van der Waals surface area contributed by atoms with Crippen LogP contribution in [0.4, 0.5) is 5.69 Å². The summed E-state index contributed by atoms with van der Waals surface area (Å²) in [5, 5.41) is 2.71. The SMILES string of the molecule is Cc1cc(C)cc(NC(=O)COC(=O)CCC(=O)c2ccc3c(c2)CCC3)c1. The van der Waals surface area contributed by atoms with Crippen molar-refractivity contribution in [2.24, 2.45) is 0 Å². The zero-order valence-electron chi connectivity index (χ0n) is 16.3. The topological polar surface area (TPSA) is 72.5 Å². The fraction of sp³-hybridized carbons (Fsp3) is 0.348. The predicted molar refractivity (Wildman–Crippen MR) is 108 cm³/mol. The summed E-state index contributed by atoms with van der Waals surface area (Å²) in [6, 6.07) is 11.5. The van der Waals surface area contributed by atoms with Crippen molar-refractivity contribution in [3.05, 3.63) is 64.2 Å². The first kappa shape index (κ1) is 19.8. The van der Waals surface area contributed by atoms with Gasteiger partial charge < -0.3 is 10.1 Å². The van der Waals surface area contributed by atoms with Crippen molar-refractivity contribution in [3.8, 4) is 0 Å². The molecule has 1 aliphatic carbocycles. The largest absolute Gasteiger partial charge is 0.456 e. The van der Waals surface area contributed by atoms with Gasteiger partial charge in [-0.05, 0) is 73.6 Å². The monoisotopic (exact) mass is 379 g/mol. The average molecular weight is 379 g/mol. The maximum atomic E-state index is 12.3. The van der Waals surface area contributed by atoms with Crippen LogP contribution in [-0.4, -0.2) is 24.3 Å². The lowest BCUT2D eigenvalue weighted by Crippen LogP contribution is -2.21. The molecule has 5 heteroatoms. The van der Waals surface area contributed by atoms with Gasteiger partial charge in [0.05, 0.1) is 6.42 Å². The number of benzene rings is 2. The second-order valence-corrected chi connectivity index (χ2v) is 7.35. The number of nitrogens with one attached hydrogen (secondary N) is 1. The molecule has 28 heavy (non-hydrogen) atoms. The van der Waals surface area contributed by atoms with Crippen LogP contribution in [0, 0.1) is 13.8 Å². The Morgan fingerprint density at radius 1 is 0.929 bits per heavy atom. The molecule has 0 aromatic heterocycles. The maximum Gasteiger partial charge on any atom is 0.306 e. The molecule has 0 aliphatic heterocycles. The van der Waals surface area contributed by atoms with E-state index in [1.54, 1.807) is 0 Å². The third kappa shape index (κ3) is 5.28. The first-order chi connectivity index (χ1) is 13.4. The smallest absolute Gasteiger partial charge is 0.306 e. The Hall–Kier alpha value is -2.95. The molecule has 0 atom stereocenters. The first-order valence-corrected chi connectivity index (χ1v) is 9.59. The Labute approximate surface area is 165 Å².